The molecular formula is C11H7N2O. The normalized spacial score (nSPS) is 9.71. The molecule has 67 valence electrons. The lowest BCUT2D eigenvalue weighted by atomic mass is 10.1. The van der Waals surface area contributed by atoms with Crippen LogP contribution in [0, 0.1) is 6.20 Å². The fourth-order valence-corrected chi connectivity index (χ4v) is 1.10. The maximum atomic E-state index is 11.7. The van der Waals surface area contributed by atoms with E-state index in [9.17, 15) is 4.79 Å². The summed E-state index contributed by atoms with van der Waals surface area (Å²) in [5.74, 6) is -0.154. The number of hydrogen-bond acceptors (Lipinski definition) is 3. The van der Waals surface area contributed by atoms with Crippen LogP contribution in [0.3, 0.4) is 0 Å². The Balaban J connectivity index is 2.35. The zero-order chi connectivity index (χ0) is 9.80. The molecular weight excluding hydrogens is 176 g/mol. The molecule has 0 bridgehead atoms. The molecule has 0 saturated heterocycles. The Labute approximate surface area is 81.5 Å². The van der Waals surface area contributed by atoms with E-state index in [1.54, 1.807) is 12.1 Å². The van der Waals surface area contributed by atoms with Gasteiger partial charge in [-0.25, -0.2) is 4.98 Å². The minimum atomic E-state index is -0.154. The van der Waals surface area contributed by atoms with Gasteiger partial charge in [-0.2, -0.15) is 0 Å². The summed E-state index contributed by atoms with van der Waals surface area (Å²) < 4.78 is 0. The fourth-order valence-electron chi connectivity index (χ4n) is 1.10. The number of aromatic nitrogens is 2. The molecule has 3 heteroatoms. The van der Waals surface area contributed by atoms with Gasteiger partial charge in [0.25, 0.3) is 0 Å². The second-order valence-electron chi connectivity index (χ2n) is 2.71. The van der Waals surface area contributed by atoms with Gasteiger partial charge in [0.05, 0.1) is 0 Å². The highest BCUT2D eigenvalue weighted by atomic mass is 16.1. The Kier molecular flexibility index (Phi) is 2.32. The Morgan fingerprint density at radius 1 is 1.14 bits per heavy atom. The van der Waals surface area contributed by atoms with E-state index in [4.69, 9.17) is 0 Å². The van der Waals surface area contributed by atoms with E-state index in [1.807, 2.05) is 18.2 Å². The van der Waals surface area contributed by atoms with Crippen LogP contribution in [-0.4, -0.2) is 15.8 Å². The van der Waals surface area contributed by atoms with Crippen LogP contribution in [0.1, 0.15) is 16.1 Å². The smallest absolute Gasteiger partial charge is 0.213 e. The van der Waals surface area contributed by atoms with Gasteiger partial charge in [0.1, 0.15) is 11.9 Å². The fraction of sp³-hybridized carbons (Fsp3) is 0. The number of benzene rings is 1. The number of rotatable bonds is 2. The van der Waals surface area contributed by atoms with Crippen molar-refractivity contribution in [2.75, 3.05) is 0 Å². The average molecular weight is 183 g/mol. The molecule has 0 spiro atoms. The SMILES string of the molecule is O=C(c1ccccc1)c1[c]nccn1. The maximum absolute atomic E-state index is 11.7. The average Bonchev–Trinajstić information content (AvgIpc) is 2.30. The molecule has 1 heterocycles. The van der Waals surface area contributed by atoms with Gasteiger partial charge in [-0.15, -0.1) is 0 Å². The summed E-state index contributed by atoms with van der Waals surface area (Å²) in [6.07, 6.45) is 5.52. The number of carbonyl (C=O) groups is 1. The molecule has 1 aromatic heterocycles. The zero-order valence-electron chi connectivity index (χ0n) is 7.34. The van der Waals surface area contributed by atoms with Crippen LogP contribution >= 0.6 is 0 Å². The molecule has 0 fully saturated rings. The summed E-state index contributed by atoms with van der Waals surface area (Å²) in [6, 6.07) is 8.96. The van der Waals surface area contributed by atoms with Gasteiger partial charge in [-0.1, -0.05) is 30.3 Å². The minimum absolute atomic E-state index is 0.154. The van der Waals surface area contributed by atoms with Gasteiger partial charge in [-0.3, -0.25) is 9.78 Å². The first kappa shape index (κ1) is 8.56. The number of carbonyl (C=O) groups excluding carboxylic acids is 1. The molecule has 2 rings (SSSR count). The van der Waals surface area contributed by atoms with Crippen molar-refractivity contribution < 1.29 is 4.79 Å². The topological polar surface area (TPSA) is 42.9 Å². The van der Waals surface area contributed by atoms with Crippen LogP contribution in [0.25, 0.3) is 0 Å². The molecule has 0 aliphatic carbocycles. The predicted octanol–water partition coefficient (Wildman–Crippen LogP) is 1.51. The van der Waals surface area contributed by atoms with E-state index in [2.05, 4.69) is 16.2 Å². The van der Waals surface area contributed by atoms with Crippen molar-refractivity contribution in [3.05, 3.63) is 60.2 Å². The summed E-state index contributed by atoms with van der Waals surface area (Å²) in [4.78, 5) is 19.3. The Hall–Kier alpha value is -2.03. The van der Waals surface area contributed by atoms with Crippen LogP contribution in [0.2, 0.25) is 0 Å². The van der Waals surface area contributed by atoms with Crippen molar-refractivity contribution in [3.63, 3.8) is 0 Å². The van der Waals surface area contributed by atoms with E-state index in [0.717, 1.165) is 0 Å². The van der Waals surface area contributed by atoms with E-state index in [-0.39, 0.29) is 11.5 Å². The summed E-state index contributed by atoms with van der Waals surface area (Å²) in [7, 11) is 0. The largest absolute Gasteiger partial charge is 0.287 e. The van der Waals surface area contributed by atoms with E-state index in [0.29, 0.717) is 5.56 Å². The molecule has 0 saturated carbocycles. The van der Waals surface area contributed by atoms with Crippen molar-refractivity contribution in [1.29, 1.82) is 0 Å². The summed E-state index contributed by atoms with van der Waals surface area (Å²) in [5, 5.41) is 0. The maximum Gasteiger partial charge on any atom is 0.213 e. The lowest BCUT2D eigenvalue weighted by molar-refractivity contribution is 0.103. The molecule has 14 heavy (non-hydrogen) atoms. The molecule has 1 radical (unpaired) electrons. The summed E-state index contributed by atoms with van der Waals surface area (Å²) in [6.45, 7) is 0. The predicted molar refractivity (Wildman–Crippen MR) is 50.7 cm³/mol. The van der Waals surface area contributed by atoms with Gasteiger partial charge in [0, 0.05) is 18.0 Å². The van der Waals surface area contributed by atoms with Crippen molar-refractivity contribution in [2.24, 2.45) is 0 Å². The van der Waals surface area contributed by atoms with Gasteiger partial charge in [0.2, 0.25) is 5.78 Å². The van der Waals surface area contributed by atoms with Crippen molar-refractivity contribution in [1.82, 2.24) is 9.97 Å². The van der Waals surface area contributed by atoms with Gasteiger partial charge in [-0.05, 0) is 0 Å². The first-order chi connectivity index (χ1) is 6.88. The molecule has 0 aliphatic heterocycles. The third-order valence-electron chi connectivity index (χ3n) is 1.77. The Morgan fingerprint density at radius 2 is 1.93 bits per heavy atom. The molecule has 0 N–H and O–H groups in total. The van der Waals surface area contributed by atoms with Gasteiger partial charge in [0.15, 0.2) is 0 Å². The van der Waals surface area contributed by atoms with E-state index in [1.165, 1.54) is 12.4 Å². The first-order valence-electron chi connectivity index (χ1n) is 4.16. The van der Waals surface area contributed by atoms with Crippen LogP contribution in [0.5, 0.6) is 0 Å². The number of nitrogens with zero attached hydrogens (tertiary/aromatic N) is 2. The van der Waals surface area contributed by atoms with E-state index < -0.39 is 0 Å². The molecule has 0 aliphatic rings. The molecule has 2 aromatic rings. The Bertz CT molecular complexity index is 384. The minimum Gasteiger partial charge on any atom is -0.287 e. The third kappa shape index (κ3) is 1.66. The second-order valence-corrected chi connectivity index (χ2v) is 2.71. The summed E-state index contributed by atoms with van der Waals surface area (Å²) >= 11 is 0. The molecule has 3 nitrogen and oxygen atoms in total. The first-order valence-corrected chi connectivity index (χ1v) is 4.16. The highest BCUT2D eigenvalue weighted by Crippen LogP contribution is 2.04. The van der Waals surface area contributed by atoms with Gasteiger partial charge < -0.3 is 0 Å². The standard InChI is InChI=1S/C11H7N2O/c14-11(9-4-2-1-3-5-9)10-8-12-6-7-13-10/h1-7H. The third-order valence-corrected chi connectivity index (χ3v) is 1.77. The number of ketones is 1. The lowest BCUT2D eigenvalue weighted by Gasteiger charge is -1.97. The van der Waals surface area contributed by atoms with Crippen LogP contribution in [0.4, 0.5) is 0 Å². The Morgan fingerprint density at radius 3 is 2.57 bits per heavy atom. The van der Waals surface area contributed by atoms with Crippen LogP contribution in [-0.2, 0) is 0 Å². The molecule has 0 atom stereocenters. The molecule has 0 amide bonds. The van der Waals surface area contributed by atoms with Crippen molar-refractivity contribution in [3.8, 4) is 0 Å². The van der Waals surface area contributed by atoms with Crippen molar-refractivity contribution >= 4 is 5.78 Å². The van der Waals surface area contributed by atoms with Crippen LogP contribution < -0.4 is 0 Å². The highest BCUT2D eigenvalue weighted by molar-refractivity contribution is 6.07. The number of hydrogen-bond donors (Lipinski definition) is 0. The monoisotopic (exact) mass is 183 g/mol. The molecule has 0 unspecified atom stereocenters. The second kappa shape index (κ2) is 3.79. The lowest BCUT2D eigenvalue weighted by Crippen LogP contribution is -2.04. The summed E-state index contributed by atoms with van der Waals surface area (Å²) in [5.41, 5.74) is 0.850. The van der Waals surface area contributed by atoms with E-state index >= 15 is 0 Å². The highest BCUT2D eigenvalue weighted by Gasteiger charge is 2.09. The van der Waals surface area contributed by atoms with Gasteiger partial charge >= 0.3 is 0 Å². The van der Waals surface area contributed by atoms with Crippen LogP contribution in [0.15, 0.2) is 42.7 Å². The quantitative estimate of drug-likeness (QED) is 0.663. The van der Waals surface area contributed by atoms with Crippen molar-refractivity contribution in [2.45, 2.75) is 0 Å². The zero-order valence-corrected chi connectivity index (χ0v) is 7.34. The molecule has 1 aromatic carbocycles.